The Hall–Kier alpha value is -2.54. The predicted octanol–water partition coefficient (Wildman–Crippen LogP) is -6.98. The van der Waals surface area contributed by atoms with Crippen LogP contribution in [0.1, 0.15) is 0 Å². The van der Waals surface area contributed by atoms with Gasteiger partial charge in [-0.25, -0.2) is 0 Å². The molecule has 0 unspecified atom stereocenters. The molecule has 9 N–H and O–H groups in total. The van der Waals surface area contributed by atoms with Crippen molar-refractivity contribution in [3.8, 4) is 0 Å². The molecule has 31 heavy (non-hydrogen) atoms. The van der Waals surface area contributed by atoms with Gasteiger partial charge in [0.15, 0.2) is 0 Å². The summed E-state index contributed by atoms with van der Waals surface area (Å²) in [6, 6.07) is 0. The second kappa shape index (κ2) is 12.3. The summed E-state index contributed by atoms with van der Waals surface area (Å²) in [6.45, 7) is 0. The van der Waals surface area contributed by atoms with Crippen molar-refractivity contribution in [1.29, 1.82) is 0 Å². The summed E-state index contributed by atoms with van der Waals surface area (Å²) in [6.07, 6.45) is -16.8. The van der Waals surface area contributed by atoms with Gasteiger partial charge in [0, 0.05) is 0 Å². The van der Waals surface area contributed by atoms with Crippen LogP contribution in [-0.4, -0.2) is 141 Å². The quantitative estimate of drug-likeness (QED) is 0.0881. The standard InChI is InChI=1S/3C4H6O6.Bi/c3*5-1(3(7)8)2(6)4(9)10;/h3*1-2,5-6H,(H,7,8)(H,9,10);/q;;;+3/p-3/t3*1-,2-;/m110./s1. The van der Waals surface area contributed by atoms with Crippen LogP contribution in [0.3, 0.4) is 0 Å². The third-order valence-corrected chi connectivity index (χ3v) is 6.71. The molecule has 0 saturated carbocycles. The van der Waals surface area contributed by atoms with Gasteiger partial charge in [-0.2, -0.15) is 0 Å². The van der Waals surface area contributed by atoms with Crippen LogP contribution >= 0.6 is 0 Å². The summed E-state index contributed by atoms with van der Waals surface area (Å²) in [4.78, 5) is 66.6. The summed E-state index contributed by atoms with van der Waals surface area (Å²) in [5, 5.41) is 80.7. The van der Waals surface area contributed by atoms with E-state index in [-0.39, 0.29) is 0 Å². The van der Waals surface area contributed by atoms with Crippen LogP contribution in [-0.2, 0) is 37.2 Å². The number of carbonyl (C=O) groups excluding carboxylic acids is 3. The Bertz CT molecular complexity index is 625. The summed E-state index contributed by atoms with van der Waals surface area (Å²) < 4.78 is 12.7. The van der Waals surface area contributed by atoms with Crippen LogP contribution in [0, 0.1) is 0 Å². The number of hydrogen-bond donors (Lipinski definition) is 9. The average Bonchev–Trinajstić information content (AvgIpc) is 2.69. The van der Waals surface area contributed by atoms with E-state index in [4.69, 9.17) is 30.6 Å². The molecule has 0 aliphatic carbocycles. The Balaban J connectivity index is 5.56. The van der Waals surface area contributed by atoms with Crippen molar-refractivity contribution < 1.29 is 83.2 Å². The van der Waals surface area contributed by atoms with Gasteiger partial charge in [-0.3, -0.25) is 0 Å². The molecule has 0 aromatic heterocycles. The molecule has 0 aliphatic rings. The molecular weight excluding hydrogens is 641 g/mol. The van der Waals surface area contributed by atoms with E-state index in [0.29, 0.717) is 0 Å². The van der Waals surface area contributed by atoms with Crippen molar-refractivity contribution >= 4 is 58.9 Å². The van der Waals surface area contributed by atoms with E-state index in [2.05, 4.69) is 8.44 Å². The van der Waals surface area contributed by atoms with E-state index >= 15 is 0 Å². The molecule has 0 aliphatic heterocycles. The van der Waals surface area contributed by atoms with E-state index in [0.717, 1.165) is 0 Å². The van der Waals surface area contributed by atoms with Crippen molar-refractivity contribution in [3.63, 3.8) is 0 Å². The zero-order valence-corrected chi connectivity index (χ0v) is 18.1. The van der Waals surface area contributed by atoms with Crippen LogP contribution in [0.5, 0.6) is 0 Å². The third-order valence-electron chi connectivity index (χ3n) is 2.87. The monoisotopic (exact) mass is 656 g/mol. The third kappa shape index (κ3) is 8.61. The van der Waals surface area contributed by atoms with Gasteiger partial charge in [-0.15, -0.1) is 0 Å². The molecule has 176 valence electrons. The molecule has 0 radical (unpaired) electrons. The molecule has 18 nitrogen and oxygen atoms in total. The molecule has 0 bridgehead atoms. The topological polar surface area (TPSA) is 312 Å². The van der Waals surface area contributed by atoms with Crippen LogP contribution in [0.2, 0.25) is 0 Å². The number of carboxylic acids is 3. The van der Waals surface area contributed by atoms with Crippen LogP contribution in [0.15, 0.2) is 0 Å². The van der Waals surface area contributed by atoms with Crippen LogP contribution in [0.4, 0.5) is 0 Å². The van der Waals surface area contributed by atoms with Gasteiger partial charge >= 0.3 is 179 Å². The molecule has 0 saturated heterocycles. The number of aliphatic carboxylic acids is 3. The fourth-order valence-corrected chi connectivity index (χ4v) is 4.64. The Morgan fingerprint density at radius 2 is 0.645 bits per heavy atom. The Labute approximate surface area is 179 Å². The number of carbonyl (C=O) groups is 6. The molecule has 0 spiro atoms. The molecule has 0 amide bonds. The Morgan fingerprint density at radius 3 is 0.806 bits per heavy atom. The van der Waals surface area contributed by atoms with Crippen molar-refractivity contribution in [1.82, 2.24) is 0 Å². The van der Waals surface area contributed by atoms with Crippen molar-refractivity contribution in [2.24, 2.45) is 0 Å². The second-order valence-corrected chi connectivity index (χ2v) is 9.01. The average molecular weight is 656 g/mol. The summed E-state index contributed by atoms with van der Waals surface area (Å²) in [5.41, 5.74) is 0. The number of aliphatic hydroxyl groups excluding tert-OH is 6. The first-order valence-corrected chi connectivity index (χ1v) is 11.6. The van der Waals surface area contributed by atoms with Crippen molar-refractivity contribution in [3.05, 3.63) is 0 Å². The normalized spacial score (nSPS) is 16.7. The van der Waals surface area contributed by atoms with Gasteiger partial charge in [0.05, 0.1) is 0 Å². The summed E-state index contributed by atoms with van der Waals surface area (Å²) >= 11 is -5.51. The molecule has 0 aromatic carbocycles. The zero-order valence-electron chi connectivity index (χ0n) is 14.6. The predicted molar refractivity (Wildman–Crippen MR) is 83.0 cm³/mol. The van der Waals surface area contributed by atoms with E-state index in [1.807, 2.05) is 0 Å². The maximum absolute atomic E-state index is 11.6. The van der Waals surface area contributed by atoms with Gasteiger partial charge in [0.1, 0.15) is 0 Å². The van der Waals surface area contributed by atoms with Gasteiger partial charge in [0.2, 0.25) is 0 Å². The molecule has 0 aromatic rings. The molecule has 6 atom stereocenters. The van der Waals surface area contributed by atoms with Gasteiger partial charge in [-0.1, -0.05) is 0 Å². The fraction of sp³-hybridized carbons (Fsp3) is 0.500. The first-order chi connectivity index (χ1) is 14.1. The minimum atomic E-state index is -5.51. The Morgan fingerprint density at radius 1 is 0.452 bits per heavy atom. The van der Waals surface area contributed by atoms with Gasteiger partial charge < -0.3 is 0 Å². The van der Waals surface area contributed by atoms with E-state index < -0.39 is 95.5 Å². The zero-order chi connectivity index (χ0) is 24.6. The first kappa shape index (κ1) is 28.5. The second-order valence-electron chi connectivity index (χ2n) is 5.14. The van der Waals surface area contributed by atoms with Crippen molar-refractivity contribution in [2.45, 2.75) is 36.6 Å². The van der Waals surface area contributed by atoms with Crippen molar-refractivity contribution in [2.75, 3.05) is 0 Å². The number of aliphatic hydroxyl groups is 6. The molecular formula is C12H15BiO18. The molecule has 0 heterocycles. The van der Waals surface area contributed by atoms with E-state index in [9.17, 15) is 44.1 Å². The van der Waals surface area contributed by atoms with Crippen LogP contribution in [0.25, 0.3) is 0 Å². The maximum atomic E-state index is 11.6. The van der Waals surface area contributed by atoms with Gasteiger partial charge in [0.25, 0.3) is 0 Å². The minimum absolute atomic E-state index is 2.06. The van der Waals surface area contributed by atoms with E-state index in [1.54, 1.807) is 0 Å². The fourth-order valence-electron chi connectivity index (χ4n) is 1.23. The van der Waals surface area contributed by atoms with E-state index in [1.165, 1.54) is 0 Å². The first-order valence-electron chi connectivity index (χ1n) is 7.34. The summed E-state index contributed by atoms with van der Waals surface area (Å²) in [7, 11) is 0. The van der Waals surface area contributed by atoms with Gasteiger partial charge in [-0.05, 0) is 0 Å². The number of rotatable bonds is 12. The number of hydrogen-bond acceptors (Lipinski definition) is 15. The molecule has 0 fully saturated rings. The summed E-state index contributed by atoms with van der Waals surface area (Å²) in [5.74, 6) is -12.5. The van der Waals surface area contributed by atoms with Crippen LogP contribution < -0.4 is 0 Å². The SMILES string of the molecule is O=C(O)[C@@H](O)[C@H](O)C(=O)[O][Bi]([O]C(=O)[C@H](O)[C@@H](O)C(=O)O)[O]C(=O)[C@H](O)[C@@H](O)C(=O)O. The molecule has 0 rings (SSSR count). The molecule has 19 heteroatoms. The number of carboxylic acid groups (broad SMARTS) is 3. The Kier molecular flexibility index (Phi) is 11.3.